The van der Waals surface area contributed by atoms with Gasteiger partial charge in [-0.25, -0.2) is 9.59 Å². The van der Waals surface area contributed by atoms with Crippen LogP contribution in [0.25, 0.3) is 11.1 Å². The minimum absolute atomic E-state index is 0.00180. The molecule has 7 nitrogen and oxygen atoms in total. The summed E-state index contributed by atoms with van der Waals surface area (Å²) in [5.74, 6) is -1.52. The minimum atomic E-state index is -1.07. The van der Waals surface area contributed by atoms with Crippen LogP contribution < -0.4 is 10.6 Å². The fraction of sp³-hybridized carbons (Fsp3) is 0.400. The van der Waals surface area contributed by atoms with Gasteiger partial charge in [0.05, 0.1) is 0 Å². The van der Waals surface area contributed by atoms with E-state index in [1.165, 1.54) is 0 Å². The van der Waals surface area contributed by atoms with E-state index in [-0.39, 0.29) is 18.9 Å². The Labute approximate surface area is 188 Å². The molecule has 3 rings (SSSR count). The van der Waals surface area contributed by atoms with Gasteiger partial charge in [0.15, 0.2) is 0 Å². The molecule has 7 heteroatoms. The van der Waals surface area contributed by atoms with Gasteiger partial charge in [0.25, 0.3) is 0 Å². The highest BCUT2D eigenvalue weighted by Gasteiger charge is 2.29. The number of hydrogen-bond acceptors (Lipinski definition) is 4. The van der Waals surface area contributed by atoms with E-state index >= 15 is 0 Å². The van der Waals surface area contributed by atoms with E-state index in [1.54, 1.807) is 6.92 Å². The van der Waals surface area contributed by atoms with E-state index in [9.17, 15) is 14.4 Å². The molecule has 0 bridgehead atoms. The third kappa shape index (κ3) is 5.46. The first-order valence-corrected chi connectivity index (χ1v) is 11.1. The Balaban J connectivity index is 1.59. The van der Waals surface area contributed by atoms with E-state index in [1.807, 2.05) is 31.2 Å². The van der Waals surface area contributed by atoms with Crippen molar-refractivity contribution in [1.29, 1.82) is 0 Å². The maximum absolute atomic E-state index is 12.5. The lowest BCUT2D eigenvalue weighted by Crippen LogP contribution is -2.44. The first-order valence-electron chi connectivity index (χ1n) is 11.1. The minimum Gasteiger partial charge on any atom is -0.480 e. The molecular weight excluding hydrogens is 408 g/mol. The topological polar surface area (TPSA) is 105 Å². The number of nitrogens with one attached hydrogen (secondary N) is 2. The van der Waals surface area contributed by atoms with Crippen molar-refractivity contribution in [2.75, 3.05) is 6.61 Å². The highest BCUT2D eigenvalue weighted by Crippen LogP contribution is 2.44. The van der Waals surface area contributed by atoms with Crippen LogP contribution in [0.4, 0.5) is 4.79 Å². The summed E-state index contributed by atoms with van der Waals surface area (Å²) in [6.07, 6.45) is 1.06. The first-order chi connectivity index (χ1) is 15.4. The molecule has 0 saturated carbocycles. The summed E-state index contributed by atoms with van der Waals surface area (Å²) in [7, 11) is 0. The molecule has 0 fully saturated rings. The van der Waals surface area contributed by atoms with Crippen molar-refractivity contribution < 1.29 is 24.2 Å². The number of aliphatic carboxylic acids is 1. The molecule has 2 aromatic rings. The quantitative estimate of drug-likeness (QED) is 0.519. The maximum Gasteiger partial charge on any atom is 0.407 e. The van der Waals surface area contributed by atoms with E-state index in [0.29, 0.717) is 12.8 Å². The molecule has 0 spiro atoms. The van der Waals surface area contributed by atoms with Crippen LogP contribution in [0.15, 0.2) is 48.5 Å². The summed E-state index contributed by atoms with van der Waals surface area (Å²) in [6.45, 7) is 3.84. The summed E-state index contributed by atoms with van der Waals surface area (Å²) < 4.78 is 5.56. The number of fused-ring (bicyclic) bond motifs is 3. The van der Waals surface area contributed by atoms with E-state index in [0.717, 1.165) is 28.7 Å². The van der Waals surface area contributed by atoms with E-state index in [2.05, 4.69) is 34.9 Å². The van der Waals surface area contributed by atoms with Gasteiger partial charge < -0.3 is 20.5 Å². The smallest absolute Gasteiger partial charge is 0.407 e. The number of carbonyl (C=O) groups is 3. The van der Waals surface area contributed by atoms with Gasteiger partial charge in [-0.2, -0.15) is 0 Å². The molecule has 2 aromatic carbocycles. The predicted molar refractivity (Wildman–Crippen MR) is 121 cm³/mol. The lowest BCUT2D eigenvalue weighted by atomic mass is 9.98. The van der Waals surface area contributed by atoms with Crippen molar-refractivity contribution in [2.45, 2.75) is 57.5 Å². The van der Waals surface area contributed by atoms with E-state index < -0.39 is 30.1 Å². The Kier molecular flexibility index (Phi) is 7.87. The van der Waals surface area contributed by atoms with Crippen LogP contribution in [0, 0.1) is 0 Å². The molecule has 0 heterocycles. The lowest BCUT2D eigenvalue weighted by Gasteiger charge is -2.20. The number of hydrogen-bond donors (Lipinski definition) is 3. The summed E-state index contributed by atoms with van der Waals surface area (Å²) in [5, 5.41) is 14.4. The van der Waals surface area contributed by atoms with Gasteiger partial charge in [0.2, 0.25) is 5.91 Å². The molecule has 0 saturated heterocycles. The first kappa shape index (κ1) is 23.3. The van der Waals surface area contributed by atoms with Crippen molar-refractivity contribution in [1.82, 2.24) is 10.6 Å². The van der Waals surface area contributed by atoms with Gasteiger partial charge in [-0.15, -0.1) is 0 Å². The number of benzene rings is 2. The molecule has 32 heavy (non-hydrogen) atoms. The van der Waals surface area contributed by atoms with Crippen molar-refractivity contribution in [3.05, 3.63) is 59.7 Å². The Morgan fingerprint density at radius 2 is 1.56 bits per heavy atom. The molecule has 170 valence electrons. The molecule has 0 radical (unpaired) electrons. The summed E-state index contributed by atoms with van der Waals surface area (Å²) in [4.78, 5) is 35.9. The van der Waals surface area contributed by atoms with Crippen LogP contribution >= 0.6 is 0 Å². The van der Waals surface area contributed by atoms with Gasteiger partial charge in [-0.3, -0.25) is 4.79 Å². The van der Waals surface area contributed by atoms with Gasteiger partial charge in [0.1, 0.15) is 12.6 Å². The summed E-state index contributed by atoms with van der Waals surface area (Å²) >= 11 is 0. The number of ether oxygens (including phenoxy) is 1. The van der Waals surface area contributed by atoms with Crippen LogP contribution in [0.1, 0.15) is 56.6 Å². The number of carboxylic acid groups (broad SMARTS) is 1. The van der Waals surface area contributed by atoms with E-state index in [4.69, 9.17) is 9.84 Å². The molecular formula is C25H30N2O5. The highest BCUT2D eigenvalue weighted by atomic mass is 16.5. The zero-order valence-electron chi connectivity index (χ0n) is 18.5. The molecule has 1 aliphatic carbocycles. The monoisotopic (exact) mass is 438 g/mol. The molecule has 0 aliphatic heterocycles. The number of amides is 2. The zero-order valence-corrected chi connectivity index (χ0v) is 18.5. The molecule has 1 aliphatic rings. The summed E-state index contributed by atoms with van der Waals surface area (Å²) in [6, 6.07) is 14.9. The largest absolute Gasteiger partial charge is 0.480 e. The molecule has 2 atom stereocenters. The van der Waals surface area contributed by atoms with Gasteiger partial charge >= 0.3 is 12.1 Å². The molecule has 0 aromatic heterocycles. The zero-order chi connectivity index (χ0) is 23.1. The van der Waals surface area contributed by atoms with Crippen LogP contribution in [0.3, 0.4) is 0 Å². The Hall–Kier alpha value is -3.35. The maximum atomic E-state index is 12.5. The Bertz CT molecular complexity index is 929. The van der Waals surface area contributed by atoms with Gasteiger partial charge in [0, 0.05) is 18.4 Å². The molecule has 0 unspecified atom stereocenters. The second-order valence-electron chi connectivity index (χ2n) is 8.03. The fourth-order valence-electron chi connectivity index (χ4n) is 4.20. The lowest BCUT2D eigenvalue weighted by molar-refractivity contribution is -0.142. The number of carbonyl (C=O) groups excluding carboxylic acids is 2. The van der Waals surface area contributed by atoms with Crippen molar-refractivity contribution in [3.8, 4) is 11.1 Å². The second-order valence-corrected chi connectivity index (χ2v) is 8.03. The van der Waals surface area contributed by atoms with Crippen molar-refractivity contribution in [2.24, 2.45) is 0 Å². The third-order valence-corrected chi connectivity index (χ3v) is 5.78. The Morgan fingerprint density at radius 3 is 2.09 bits per heavy atom. The standard InChI is InChI=1S/C25H30N2O5/c1-3-9-16(14-23(28)27-22(4-2)24(29)30)26-25(31)32-15-21-19-12-7-5-10-17(19)18-11-6-8-13-20(18)21/h5-8,10-13,16,21-22H,3-4,9,14-15H2,1-2H3,(H,26,31)(H,27,28)(H,29,30)/t16-,22-/m1/s1. The van der Waals surface area contributed by atoms with Crippen molar-refractivity contribution >= 4 is 18.0 Å². The number of alkyl carbamates (subject to hydrolysis) is 1. The number of rotatable bonds is 10. The van der Waals surface area contributed by atoms with Gasteiger partial charge in [-0.05, 0) is 35.1 Å². The molecule has 2 amide bonds. The predicted octanol–water partition coefficient (Wildman–Crippen LogP) is 4.06. The average molecular weight is 439 g/mol. The summed E-state index contributed by atoms with van der Waals surface area (Å²) in [5.41, 5.74) is 4.57. The van der Waals surface area contributed by atoms with Crippen molar-refractivity contribution in [3.63, 3.8) is 0 Å². The highest BCUT2D eigenvalue weighted by molar-refractivity contribution is 5.84. The average Bonchev–Trinajstić information content (AvgIpc) is 3.10. The normalized spacial score (nSPS) is 14.1. The fourth-order valence-corrected chi connectivity index (χ4v) is 4.20. The van der Waals surface area contributed by atoms with Gasteiger partial charge in [-0.1, -0.05) is 68.8 Å². The number of carboxylic acids is 1. The SMILES string of the molecule is CCC[C@H](CC(=O)N[C@H](CC)C(=O)O)NC(=O)OCC1c2ccccc2-c2ccccc21. The molecule has 3 N–H and O–H groups in total. The second kappa shape index (κ2) is 10.8. The third-order valence-electron chi connectivity index (χ3n) is 5.78. The Morgan fingerprint density at radius 1 is 0.969 bits per heavy atom. The van der Waals surface area contributed by atoms with Crippen LogP contribution in [0.2, 0.25) is 0 Å². The van der Waals surface area contributed by atoms with Crippen LogP contribution in [-0.2, 0) is 14.3 Å². The van der Waals surface area contributed by atoms with Crippen LogP contribution in [-0.4, -0.2) is 41.8 Å². The van der Waals surface area contributed by atoms with Crippen LogP contribution in [0.5, 0.6) is 0 Å².